The number of amides is 1. The number of nitrogens with two attached hydrogens (primary N) is 1. The highest BCUT2D eigenvalue weighted by molar-refractivity contribution is 5.94. The van der Waals surface area contributed by atoms with Gasteiger partial charge in [0.25, 0.3) is 5.91 Å². The second-order valence-electron chi connectivity index (χ2n) is 5.32. The van der Waals surface area contributed by atoms with Crippen molar-refractivity contribution in [3.8, 4) is 0 Å². The number of nitrogens with one attached hydrogen (secondary N) is 1. The Hall–Kier alpha value is -1.56. The highest BCUT2D eigenvalue weighted by Gasteiger charge is 2.33. The van der Waals surface area contributed by atoms with Crippen molar-refractivity contribution in [1.29, 1.82) is 0 Å². The van der Waals surface area contributed by atoms with E-state index in [1.807, 2.05) is 0 Å². The number of rotatable bonds is 4. The van der Waals surface area contributed by atoms with Crippen LogP contribution in [0.15, 0.2) is 12.1 Å². The minimum Gasteiger partial charge on any atom is -0.351 e. The first-order valence-corrected chi connectivity index (χ1v) is 6.61. The molecule has 1 aromatic rings. The van der Waals surface area contributed by atoms with Crippen LogP contribution in [0.3, 0.4) is 0 Å². The van der Waals surface area contributed by atoms with E-state index in [2.05, 4.69) is 5.32 Å². The molecule has 20 heavy (non-hydrogen) atoms. The third kappa shape index (κ3) is 2.80. The van der Waals surface area contributed by atoms with Crippen LogP contribution in [0.2, 0.25) is 0 Å². The molecule has 1 saturated carbocycles. The zero-order valence-electron chi connectivity index (χ0n) is 11.0. The monoisotopic (exact) mass is 286 g/mol. The molecule has 0 aromatic heterocycles. The first-order valence-electron chi connectivity index (χ1n) is 6.61. The zero-order chi connectivity index (χ0) is 14.8. The molecule has 0 aliphatic heterocycles. The fourth-order valence-corrected chi connectivity index (χ4v) is 2.64. The van der Waals surface area contributed by atoms with Gasteiger partial charge in [-0.15, -0.1) is 0 Å². The highest BCUT2D eigenvalue weighted by Crippen LogP contribution is 2.36. The molecule has 3 nitrogen and oxygen atoms in total. The van der Waals surface area contributed by atoms with Gasteiger partial charge in [0.15, 0.2) is 17.5 Å². The Bertz CT molecular complexity index is 513. The van der Waals surface area contributed by atoms with Crippen LogP contribution in [0.4, 0.5) is 13.2 Å². The molecule has 1 fully saturated rings. The number of hydrogen-bond acceptors (Lipinski definition) is 2. The summed E-state index contributed by atoms with van der Waals surface area (Å²) in [7, 11) is 0. The molecular weight excluding hydrogens is 269 g/mol. The number of carbonyl (C=O) groups excluding carboxylic acids is 1. The maximum absolute atomic E-state index is 13.5. The van der Waals surface area contributed by atoms with Gasteiger partial charge in [-0.1, -0.05) is 12.8 Å². The van der Waals surface area contributed by atoms with Crippen LogP contribution in [0, 0.1) is 22.9 Å². The maximum atomic E-state index is 13.5. The Labute approximate surface area is 115 Å². The summed E-state index contributed by atoms with van der Waals surface area (Å²) in [6.45, 7) is 0.758. The summed E-state index contributed by atoms with van der Waals surface area (Å²) < 4.78 is 39.4. The van der Waals surface area contributed by atoms with Gasteiger partial charge in [-0.05, 0) is 36.9 Å². The average molecular weight is 286 g/mol. The smallest absolute Gasteiger partial charge is 0.254 e. The third-order valence-corrected chi connectivity index (χ3v) is 4.00. The van der Waals surface area contributed by atoms with Crippen LogP contribution in [0.1, 0.15) is 36.0 Å². The molecule has 0 unspecified atom stereocenters. The van der Waals surface area contributed by atoms with Gasteiger partial charge in [0, 0.05) is 6.54 Å². The van der Waals surface area contributed by atoms with E-state index in [1.165, 1.54) is 0 Å². The second kappa shape index (κ2) is 5.83. The lowest BCUT2D eigenvalue weighted by molar-refractivity contribution is 0.0926. The fourth-order valence-electron chi connectivity index (χ4n) is 2.64. The average Bonchev–Trinajstić information content (AvgIpc) is 2.92. The largest absolute Gasteiger partial charge is 0.351 e. The van der Waals surface area contributed by atoms with Gasteiger partial charge in [-0.25, -0.2) is 13.2 Å². The van der Waals surface area contributed by atoms with Crippen LogP contribution in [0.25, 0.3) is 0 Å². The quantitative estimate of drug-likeness (QED) is 0.835. The van der Waals surface area contributed by atoms with Gasteiger partial charge in [0.1, 0.15) is 0 Å². The molecule has 0 heterocycles. The number of carbonyl (C=O) groups is 1. The SMILES string of the molecule is NCC1(CNC(=O)c2ccc(F)c(F)c2F)CCCC1. The molecule has 0 radical (unpaired) electrons. The lowest BCUT2D eigenvalue weighted by Gasteiger charge is -2.27. The van der Waals surface area contributed by atoms with E-state index in [4.69, 9.17) is 5.73 Å². The van der Waals surface area contributed by atoms with Gasteiger partial charge in [-0.2, -0.15) is 0 Å². The van der Waals surface area contributed by atoms with E-state index in [0.717, 1.165) is 37.8 Å². The van der Waals surface area contributed by atoms with Gasteiger partial charge in [0.05, 0.1) is 5.56 Å². The Morgan fingerprint density at radius 1 is 1.20 bits per heavy atom. The van der Waals surface area contributed by atoms with E-state index in [1.54, 1.807) is 0 Å². The summed E-state index contributed by atoms with van der Waals surface area (Å²) in [5.41, 5.74) is 5.08. The van der Waals surface area contributed by atoms with Crippen molar-refractivity contribution < 1.29 is 18.0 Å². The van der Waals surface area contributed by atoms with E-state index in [0.29, 0.717) is 13.1 Å². The van der Waals surface area contributed by atoms with Crippen LogP contribution in [0.5, 0.6) is 0 Å². The summed E-state index contributed by atoms with van der Waals surface area (Å²) in [5, 5.41) is 2.57. The molecule has 6 heteroatoms. The molecule has 1 aliphatic carbocycles. The van der Waals surface area contributed by atoms with Crippen molar-refractivity contribution in [2.24, 2.45) is 11.1 Å². The normalized spacial score (nSPS) is 17.2. The topological polar surface area (TPSA) is 55.1 Å². The molecule has 1 amide bonds. The van der Waals surface area contributed by atoms with E-state index in [-0.39, 0.29) is 5.41 Å². The summed E-state index contributed by atoms with van der Waals surface area (Å²) in [5.74, 6) is -5.16. The van der Waals surface area contributed by atoms with Crippen LogP contribution < -0.4 is 11.1 Å². The predicted molar refractivity (Wildman–Crippen MR) is 68.6 cm³/mol. The van der Waals surface area contributed by atoms with Crippen molar-refractivity contribution >= 4 is 5.91 Å². The van der Waals surface area contributed by atoms with Gasteiger partial charge >= 0.3 is 0 Å². The Balaban J connectivity index is 2.07. The van der Waals surface area contributed by atoms with Gasteiger partial charge in [0.2, 0.25) is 0 Å². The van der Waals surface area contributed by atoms with Crippen molar-refractivity contribution in [3.05, 3.63) is 35.1 Å². The molecule has 0 saturated heterocycles. The predicted octanol–water partition coefficient (Wildman–Crippen LogP) is 2.35. The lowest BCUT2D eigenvalue weighted by Crippen LogP contribution is -2.41. The van der Waals surface area contributed by atoms with E-state index >= 15 is 0 Å². The van der Waals surface area contributed by atoms with E-state index < -0.39 is 28.9 Å². The summed E-state index contributed by atoms with van der Waals surface area (Å²) in [6, 6.07) is 1.68. The number of benzene rings is 1. The second-order valence-corrected chi connectivity index (χ2v) is 5.32. The molecule has 0 spiro atoms. The van der Waals surface area contributed by atoms with Crippen LogP contribution >= 0.6 is 0 Å². The fraction of sp³-hybridized carbons (Fsp3) is 0.500. The third-order valence-electron chi connectivity index (χ3n) is 4.00. The van der Waals surface area contributed by atoms with Crippen molar-refractivity contribution in [3.63, 3.8) is 0 Å². The van der Waals surface area contributed by atoms with Crippen LogP contribution in [-0.2, 0) is 0 Å². The number of halogens is 3. The van der Waals surface area contributed by atoms with Crippen molar-refractivity contribution in [2.45, 2.75) is 25.7 Å². The lowest BCUT2D eigenvalue weighted by atomic mass is 9.86. The summed E-state index contributed by atoms with van der Waals surface area (Å²) >= 11 is 0. The maximum Gasteiger partial charge on any atom is 0.254 e. The van der Waals surface area contributed by atoms with Gasteiger partial charge in [-0.3, -0.25) is 4.79 Å². The Kier molecular flexibility index (Phi) is 4.32. The van der Waals surface area contributed by atoms with Crippen molar-refractivity contribution in [2.75, 3.05) is 13.1 Å². The minimum absolute atomic E-state index is 0.162. The molecule has 1 aliphatic rings. The molecule has 3 N–H and O–H groups in total. The molecule has 0 atom stereocenters. The minimum atomic E-state index is -1.63. The Morgan fingerprint density at radius 2 is 1.85 bits per heavy atom. The molecule has 110 valence electrons. The molecule has 1 aromatic carbocycles. The van der Waals surface area contributed by atoms with Crippen molar-refractivity contribution in [1.82, 2.24) is 5.32 Å². The van der Waals surface area contributed by atoms with E-state index in [9.17, 15) is 18.0 Å². The van der Waals surface area contributed by atoms with Gasteiger partial charge < -0.3 is 11.1 Å². The standard InChI is InChI=1S/C14H17F3N2O/c15-10-4-3-9(11(16)12(10)17)13(20)19-8-14(7-18)5-1-2-6-14/h3-4H,1-2,5-8,18H2,(H,19,20). The molecular formula is C14H17F3N2O. The Morgan fingerprint density at radius 3 is 2.45 bits per heavy atom. The first-order chi connectivity index (χ1) is 9.49. The highest BCUT2D eigenvalue weighted by atomic mass is 19.2. The molecule has 0 bridgehead atoms. The molecule has 2 rings (SSSR count). The summed E-state index contributed by atoms with van der Waals surface area (Å²) in [4.78, 5) is 11.9. The summed E-state index contributed by atoms with van der Waals surface area (Å²) in [6.07, 6.45) is 3.91. The number of hydrogen-bond donors (Lipinski definition) is 2. The first kappa shape index (κ1) is 14.8. The van der Waals surface area contributed by atoms with Crippen LogP contribution in [-0.4, -0.2) is 19.0 Å². The zero-order valence-corrected chi connectivity index (χ0v) is 11.0.